The monoisotopic (exact) mass is 344 g/mol. The van der Waals surface area contributed by atoms with Crippen molar-refractivity contribution < 1.29 is 15.0 Å². The molecule has 0 amide bonds. The van der Waals surface area contributed by atoms with Gasteiger partial charge in [-0.15, -0.1) is 0 Å². The van der Waals surface area contributed by atoms with Gasteiger partial charge in [0.1, 0.15) is 6.61 Å². The van der Waals surface area contributed by atoms with E-state index >= 15 is 0 Å². The summed E-state index contributed by atoms with van der Waals surface area (Å²) >= 11 is 0. The molecule has 3 saturated carbocycles. The Morgan fingerprint density at radius 2 is 2.08 bits per heavy atom. The van der Waals surface area contributed by atoms with E-state index in [1.54, 1.807) is 0 Å². The van der Waals surface area contributed by atoms with Gasteiger partial charge in [0.05, 0.1) is 6.10 Å². The highest BCUT2D eigenvalue weighted by Gasteiger charge is 2.63. The number of hydrogen-bond acceptors (Lipinski definition) is 3. The van der Waals surface area contributed by atoms with Gasteiger partial charge >= 0.3 is 0 Å². The number of aliphatic hydroxyl groups excluding tert-OH is 2. The van der Waals surface area contributed by atoms with E-state index in [0.29, 0.717) is 24.2 Å². The van der Waals surface area contributed by atoms with Crippen LogP contribution in [0.2, 0.25) is 0 Å². The number of allylic oxidation sites excluding steroid dienone is 4. The van der Waals surface area contributed by atoms with Gasteiger partial charge in [0.25, 0.3) is 0 Å². The van der Waals surface area contributed by atoms with Crippen molar-refractivity contribution >= 4 is 5.78 Å². The number of aliphatic hydroxyl groups is 2. The molecule has 3 heteroatoms. The van der Waals surface area contributed by atoms with Crippen LogP contribution in [0.4, 0.5) is 0 Å². The third kappa shape index (κ3) is 2.28. The molecule has 0 aromatic heterocycles. The Labute approximate surface area is 151 Å². The van der Waals surface area contributed by atoms with Gasteiger partial charge < -0.3 is 10.2 Å². The summed E-state index contributed by atoms with van der Waals surface area (Å²) in [4.78, 5) is 12.3. The zero-order valence-electron chi connectivity index (χ0n) is 15.7. The number of hydrogen-bond donors (Lipinski definition) is 2. The van der Waals surface area contributed by atoms with Crippen LogP contribution in [-0.2, 0) is 4.79 Å². The Kier molecular flexibility index (Phi) is 4.05. The number of ketones is 1. The van der Waals surface area contributed by atoms with E-state index in [-0.39, 0.29) is 41.2 Å². The molecule has 0 aromatic rings. The van der Waals surface area contributed by atoms with E-state index in [2.05, 4.69) is 39.0 Å². The molecule has 4 aliphatic rings. The van der Waals surface area contributed by atoms with Crippen LogP contribution in [0.1, 0.15) is 52.9 Å². The molecule has 0 bridgehead atoms. The average Bonchev–Trinajstić information content (AvgIpc) is 2.90. The summed E-state index contributed by atoms with van der Waals surface area (Å²) < 4.78 is 0. The van der Waals surface area contributed by atoms with Crippen LogP contribution in [-0.4, -0.2) is 28.7 Å². The highest BCUT2D eigenvalue weighted by molar-refractivity contribution is 5.83. The number of Topliss-reactive ketones (excluding diaryl/α,β-unsaturated/α-hetero) is 1. The number of carbonyl (C=O) groups excluding carboxylic acids is 1. The summed E-state index contributed by atoms with van der Waals surface area (Å²) in [5.41, 5.74) is 1.32. The Hall–Kier alpha value is -0.930. The van der Waals surface area contributed by atoms with Crippen molar-refractivity contribution in [3.05, 3.63) is 23.8 Å². The van der Waals surface area contributed by atoms with Gasteiger partial charge in [-0.2, -0.15) is 0 Å². The zero-order chi connectivity index (χ0) is 18.0. The molecule has 3 fully saturated rings. The van der Waals surface area contributed by atoms with Crippen LogP contribution in [0, 0.1) is 40.4 Å². The molecule has 3 nitrogen and oxygen atoms in total. The Balaban J connectivity index is 1.74. The third-order valence-corrected chi connectivity index (χ3v) is 8.40. The van der Waals surface area contributed by atoms with E-state index < -0.39 is 0 Å². The molecule has 4 rings (SSSR count). The van der Waals surface area contributed by atoms with Gasteiger partial charge in [0.2, 0.25) is 0 Å². The summed E-state index contributed by atoms with van der Waals surface area (Å²) in [7, 11) is 0. The molecule has 0 radical (unpaired) electrons. The Morgan fingerprint density at radius 3 is 2.80 bits per heavy atom. The van der Waals surface area contributed by atoms with Crippen LogP contribution < -0.4 is 0 Å². The van der Waals surface area contributed by atoms with Crippen molar-refractivity contribution in [2.45, 2.75) is 59.0 Å². The molecule has 8 atom stereocenters. The maximum atomic E-state index is 12.3. The van der Waals surface area contributed by atoms with Gasteiger partial charge in [-0.3, -0.25) is 4.79 Å². The first-order valence-electron chi connectivity index (χ1n) is 10.0. The minimum Gasteiger partial charge on any atom is -0.393 e. The van der Waals surface area contributed by atoms with E-state index in [1.165, 1.54) is 5.57 Å². The second-order valence-corrected chi connectivity index (χ2v) is 9.54. The summed E-state index contributed by atoms with van der Waals surface area (Å²) in [5.74, 6) is 1.64. The SMILES string of the molecule is C[C@H]1CC2C3CCC(C(=O)CO)C3(C)CC(O)[C@@H]2C2(C)C=CCC=C12. The lowest BCUT2D eigenvalue weighted by Gasteiger charge is -2.60. The normalized spacial score (nSPS) is 51.3. The third-order valence-electron chi connectivity index (χ3n) is 8.40. The predicted molar refractivity (Wildman–Crippen MR) is 97.7 cm³/mol. The molecule has 2 N–H and O–H groups in total. The van der Waals surface area contributed by atoms with Crippen LogP contribution in [0.5, 0.6) is 0 Å². The first-order chi connectivity index (χ1) is 11.8. The molecule has 0 aromatic carbocycles. The smallest absolute Gasteiger partial charge is 0.161 e. The molecule has 4 aliphatic carbocycles. The molecule has 138 valence electrons. The molecule has 0 spiro atoms. The molecule has 25 heavy (non-hydrogen) atoms. The topological polar surface area (TPSA) is 57.5 Å². The lowest BCUT2D eigenvalue weighted by Crippen LogP contribution is -2.57. The quantitative estimate of drug-likeness (QED) is 0.754. The summed E-state index contributed by atoms with van der Waals surface area (Å²) in [6.45, 7) is 6.50. The maximum absolute atomic E-state index is 12.3. The van der Waals surface area contributed by atoms with Gasteiger partial charge in [-0.25, -0.2) is 0 Å². The molecule has 0 saturated heterocycles. The summed E-state index contributed by atoms with van der Waals surface area (Å²) in [6, 6.07) is 0. The van der Waals surface area contributed by atoms with Gasteiger partial charge in [0.15, 0.2) is 5.78 Å². The standard InChI is InChI=1S/C22H32O3/c1-13-10-14-16-7-8-17(19(25)12-23)22(16,3)11-18(24)20(14)21(2)9-5-4-6-15(13)21/h5-6,9,13-14,16-18,20,23-24H,4,7-8,10-12H2,1-3H3/t13-,14?,16?,17?,18?,20+,21?,22?/m0/s1. The van der Waals surface area contributed by atoms with E-state index in [4.69, 9.17) is 0 Å². The fourth-order valence-electron chi connectivity index (χ4n) is 7.56. The molecular weight excluding hydrogens is 312 g/mol. The van der Waals surface area contributed by atoms with Gasteiger partial charge in [-0.1, -0.05) is 44.6 Å². The molecule has 0 aliphatic heterocycles. The number of rotatable bonds is 2. The maximum Gasteiger partial charge on any atom is 0.161 e. The van der Waals surface area contributed by atoms with Crippen molar-refractivity contribution in [1.29, 1.82) is 0 Å². The zero-order valence-corrected chi connectivity index (χ0v) is 15.7. The number of fused-ring (bicyclic) bond motifs is 5. The number of carbonyl (C=O) groups is 1. The van der Waals surface area contributed by atoms with E-state index in [0.717, 1.165) is 25.7 Å². The lowest BCUT2D eigenvalue weighted by atomic mass is 9.45. The fourth-order valence-corrected chi connectivity index (χ4v) is 7.56. The first-order valence-corrected chi connectivity index (χ1v) is 10.0. The van der Waals surface area contributed by atoms with Crippen molar-refractivity contribution in [3.8, 4) is 0 Å². The van der Waals surface area contributed by atoms with Crippen LogP contribution in [0.25, 0.3) is 0 Å². The molecule has 6 unspecified atom stereocenters. The second kappa shape index (κ2) is 5.79. The Bertz CT molecular complexity index is 635. The summed E-state index contributed by atoms with van der Waals surface area (Å²) in [6.07, 6.45) is 11.4. The van der Waals surface area contributed by atoms with Crippen LogP contribution >= 0.6 is 0 Å². The fraction of sp³-hybridized carbons (Fsp3) is 0.773. The highest BCUT2D eigenvalue weighted by atomic mass is 16.3. The largest absolute Gasteiger partial charge is 0.393 e. The second-order valence-electron chi connectivity index (χ2n) is 9.54. The Morgan fingerprint density at radius 1 is 1.32 bits per heavy atom. The minimum absolute atomic E-state index is 0.0242. The van der Waals surface area contributed by atoms with Crippen LogP contribution in [0.15, 0.2) is 23.8 Å². The average molecular weight is 344 g/mol. The highest BCUT2D eigenvalue weighted by Crippen LogP contribution is 2.66. The minimum atomic E-state index is -0.373. The van der Waals surface area contributed by atoms with Crippen molar-refractivity contribution in [1.82, 2.24) is 0 Å². The van der Waals surface area contributed by atoms with Gasteiger partial charge in [0, 0.05) is 17.3 Å². The van der Waals surface area contributed by atoms with E-state index in [1.807, 2.05) is 0 Å². The van der Waals surface area contributed by atoms with Gasteiger partial charge in [-0.05, 0) is 55.3 Å². The molecule has 0 heterocycles. The summed E-state index contributed by atoms with van der Waals surface area (Å²) in [5, 5.41) is 20.7. The van der Waals surface area contributed by atoms with Crippen molar-refractivity contribution in [2.24, 2.45) is 40.4 Å². The van der Waals surface area contributed by atoms with Crippen molar-refractivity contribution in [3.63, 3.8) is 0 Å². The van der Waals surface area contributed by atoms with Crippen LogP contribution in [0.3, 0.4) is 0 Å². The first kappa shape index (κ1) is 17.5. The van der Waals surface area contributed by atoms with Crippen molar-refractivity contribution in [2.75, 3.05) is 6.61 Å². The molecular formula is C22H32O3. The van der Waals surface area contributed by atoms with E-state index in [9.17, 15) is 15.0 Å². The predicted octanol–water partition coefficient (Wildman–Crippen LogP) is 3.51. The lowest BCUT2D eigenvalue weighted by molar-refractivity contribution is -0.142.